The van der Waals surface area contributed by atoms with Gasteiger partial charge in [0.1, 0.15) is 24.0 Å². The van der Waals surface area contributed by atoms with Gasteiger partial charge in [0.05, 0.1) is 19.8 Å². The Morgan fingerprint density at radius 2 is 1.76 bits per heavy atom. The third-order valence-electron chi connectivity index (χ3n) is 6.47. The maximum Gasteiger partial charge on any atom is 0.363 e. The number of hydrogen-bond donors (Lipinski definition) is 1. The molecule has 2 aromatic carbocycles. The minimum absolute atomic E-state index is 0.163. The van der Waals surface area contributed by atoms with Crippen LogP contribution < -0.4 is 19.5 Å². The molecular formula is C31H42ClN2O7+. The number of hydrogen-bond acceptors (Lipinski definition) is 8. The highest BCUT2D eigenvalue weighted by molar-refractivity contribution is 6.30. The van der Waals surface area contributed by atoms with Gasteiger partial charge in [-0.3, -0.25) is 9.59 Å². The largest absolute Gasteiger partial charge is 0.493 e. The molecule has 0 bridgehead atoms. The van der Waals surface area contributed by atoms with E-state index >= 15 is 0 Å². The highest BCUT2D eigenvalue weighted by Crippen LogP contribution is 2.46. The fraction of sp³-hybridized carbons (Fsp3) is 0.516. The number of carbonyl (C=O) groups is 3. The normalized spacial score (nSPS) is 20.0. The zero-order valence-electron chi connectivity index (χ0n) is 25.4. The summed E-state index contributed by atoms with van der Waals surface area (Å²) in [6, 6.07) is 9.55. The lowest BCUT2D eigenvalue weighted by Crippen LogP contribution is -2.71. The summed E-state index contributed by atoms with van der Waals surface area (Å²) in [4.78, 5) is 40.1. The van der Waals surface area contributed by atoms with Crippen molar-refractivity contribution in [3.63, 3.8) is 0 Å². The summed E-state index contributed by atoms with van der Waals surface area (Å²) >= 11 is 6.53. The van der Waals surface area contributed by atoms with Crippen molar-refractivity contribution in [2.24, 2.45) is 5.41 Å². The smallest absolute Gasteiger partial charge is 0.363 e. The molecule has 3 atom stereocenters. The number of carbonyl (C=O) groups excluding carboxylic acids is 3. The van der Waals surface area contributed by atoms with Crippen LogP contribution in [0.1, 0.15) is 72.1 Å². The molecule has 1 aliphatic heterocycles. The van der Waals surface area contributed by atoms with Crippen molar-refractivity contribution in [2.45, 2.75) is 72.6 Å². The van der Waals surface area contributed by atoms with Gasteiger partial charge >= 0.3 is 11.9 Å². The van der Waals surface area contributed by atoms with E-state index in [4.69, 9.17) is 30.5 Å². The van der Waals surface area contributed by atoms with E-state index in [1.807, 2.05) is 32.9 Å². The van der Waals surface area contributed by atoms with Gasteiger partial charge in [-0.05, 0) is 45.9 Å². The molecule has 0 saturated carbocycles. The predicted octanol–water partition coefficient (Wildman–Crippen LogP) is 5.55. The highest BCUT2D eigenvalue weighted by Gasteiger charge is 2.51. The van der Waals surface area contributed by atoms with E-state index in [0.717, 1.165) is 0 Å². The van der Waals surface area contributed by atoms with Crippen LogP contribution in [-0.4, -0.2) is 56.7 Å². The summed E-state index contributed by atoms with van der Waals surface area (Å²) in [7, 11) is 3.09. The van der Waals surface area contributed by atoms with E-state index in [1.54, 1.807) is 52.1 Å². The second-order valence-corrected chi connectivity index (χ2v) is 13.0. The van der Waals surface area contributed by atoms with Crippen molar-refractivity contribution in [2.75, 3.05) is 27.4 Å². The average Bonchev–Trinajstić information content (AvgIpc) is 2.95. The van der Waals surface area contributed by atoms with Crippen LogP contribution in [0.2, 0.25) is 5.02 Å². The fourth-order valence-corrected chi connectivity index (χ4v) is 5.31. The number of ketones is 1. The Morgan fingerprint density at radius 3 is 2.32 bits per heavy atom. The molecule has 0 aromatic heterocycles. The summed E-state index contributed by atoms with van der Waals surface area (Å²) in [5, 5.41) is 0.440. The second kappa shape index (κ2) is 12.5. The molecule has 41 heavy (non-hydrogen) atoms. The van der Waals surface area contributed by atoms with Crippen molar-refractivity contribution in [1.82, 2.24) is 10.0 Å². The van der Waals surface area contributed by atoms with Crippen LogP contribution in [0.15, 0.2) is 36.4 Å². The van der Waals surface area contributed by atoms with Gasteiger partial charge in [-0.15, -0.1) is 10.0 Å². The standard InChI is InChI=1S/C31H42ClN2O7/c1-19(35)15-23(29(37)41-31(5,6)7)33-34(18-30(2,3)4)24-14-13-20(32)16-22(24)27(40-17-26(34)36)21-11-10-12-25(38-8)28(21)39-9/h10-14,16,23,27,33H,15,17-18H2,1-9H3/q+1/t23-,27+,34?/m0/s1. The molecule has 1 unspecified atom stereocenters. The van der Waals surface area contributed by atoms with E-state index in [2.05, 4.69) is 5.43 Å². The summed E-state index contributed by atoms with van der Waals surface area (Å²) in [6.07, 6.45) is -0.921. The first-order chi connectivity index (χ1) is 19.0. The number of halogens is 1. The van der Waals surface area contributed by atoms with Crippen molar-refractivity contribution < 1.29 is 33.3 Å². The van der Waals surface area contributed by atoms with E-state index < -0.39 is 33.7 Å². The summed E-state index contributed by atoms with van der Waals surface area (Å²) in [6.45, 7) is 12.6. The molecule has 0 aliphatic carbocycles. The lowest BCUT2D eigenvalue weighted by Gasteiger charge is -2.41. The van der Waals surface area contributed by atoms with Gasteiger partial charge < -0.3 is 18.9 Å². The Balaban J connectivity index is 2.31. The molecule has 1 N–H and O–H groups in total. The SMILES string of the molecule is COc1cccc([C@H]2OCC(=O)[N+](CC(C)(C)C)(N[C@@H](CC(C)=O)C(=O)OC(C)(C)C)c3ccc(Cl)cc32)c1OC. The molecule has 1 amide bonds. The minimum Gasteiger partial charge on any atom is -0.493 e. The van der Waals surface area contributed by atoms with E-state index in [0.29, 0.717) is 33.3 Å². The Kier molecular flexibility index (Phi) is 9.91. The molecule has 9 nitrogen and oxygen atoms in total. The number of nitrogens with zero attached hydrogens (tertiary/aromatic N) is 1. The molecule has 0 fully saturated rings. The number of benzene rings is 2. The second-order valence-electron chi connectivity index (χ2n) is 12.5. The zero-order valence-corrected chi connectivity index (χ0v) is 26.2. The van der Waals surface area contributed by atoms with Crippen molar-refractivity contribution >= 4 is 34.9 Å². The fourth-order valence-electron chi connectivity index (χ4n) is 5.13. The van der Waals surface area contributed by atoms with Crippen LogP contribution in [-0.2, 0) is 23.9 Å². The minimum atomic E-state index is -1.11. The van der Waals surface area contributed by atoms with Crippen LogP contribution in [0.3, 0.4) is 0 Å². The summed E-state index contributed by atoms with van der Waals surface area (Å²) in [5.41, 5.74) is 3.86. The molecule has 0 spiro atoms. The van der Waals surface area contributed by atoms with Crippen molar-refractivity contribution in [1.29, 1.82) is 0 Å². The molecule has 224 valence electrons. The number of amides is 1. The molecule has 2 aromatic rings. The van der Waals surface area contributed by atoms with Crippen molar-refractivity contribution in [3.8, 4) is 11.5 Å². The molecule has 0 saturated heterocycles. The Bertz CT molecular complexity index is 1300. The first kappa shape index (κ1) is 32.5. The predicted molar refractivity (Wildman–Crippen MR) is 158 cm³/mol. The lowest BCUT2D eigenvalue weighted by atomic mass is 9.93. The zero-order chi connectivity index (χ0) is 30.8. The molecule has 1 aliphatic rings. The number of ether oxygens (including phenoxy) is 4. The number of Topliss-reactive ketones (excluding diaryl/α,β-unsaturated/α-hetero) is 1. The average molecular weight is 590 g/mol. The molecular weight excluding hydrogens is 548 g/mol. The van der Waals surface area contributed by atoms with Gasteiger partial charge in [0, 0.05) is 28.5 Å². The van der Waals surface area contributed by atoms with Crippen LogP contribution in [0, 0.1) is 5.41 Å². The Labute approximate surface area is 247 Å². The van der Waals surface area contributed by atoms with Gasteiger partial charge in [0.25, 0.3) is 0 Å². The van der Waals surface area contributed by atoms with Gasteiger partial charge in [-0.25, -0.2) is 4.79 Å². The van der Waals surface area contributed by atoms with Gasteiger partial charge in [-0.1, -0.05) is 44.5 Å². The van der Waals surface area contributed by atoms with Gasteiger partial charge in [0.15, 0.2) is 29.8 Å². The first-order valence-electron chi connectivity index (χ1n) is 13.6. The third kappa shape index (κ3) is 7.65. The number of nitrogens with one attached hydrogen (secondary N) is 1. The van der Waals surface area contributed by atoms with Crippen LogP contribution in [0.25, 0.3) is 0 Å². The molecule has 10 heteroatoms. The van der Waals surface area contributed by atoms with Crippen LogP contribution >= 0.6 is 11.6 Å². The summed E-state index contributed by atoms with van der Waals surface area (Å²) < 4.78 is 22.8. The maximum atomic E-state index is 14.3. The van der Waals surface area contributed by atoms with Gasteiger partial charge in [0.2, 0.25) is 0 Å². The van der Waals surface area contributed by atoms with E-state index in [-0.39, 0.29) is 31.3 Å². The summed E-state index contributed by atoms with van der Waals surface area (Å²) in [5.74, 6) is -0.224. The van der Waals surface area contributed by atoms with Crippen LogP contribution in [0.4, 0.5) is 5.69 Å². The van der Waals surface area contributed by atoms with E-state index in [9.17, 15) is 14.4 Å². The number of rotatable bonds is 9. The number of para-hydroxylation sites is 1. The highest BCUT2D eigenvalue weighted by atomic mass is 35.5. The number of esters is 1. The molecule has 3 rings (SSSR count). The van der Waals surface area contributed by atoms with Gasteiger partial charge in [-0.2, -0.15) is 0 Å². The number of methoxy groups -OCH3 is 2. The molecule has 1 heterocycles. The first-order valence-corrected chi connectivity index (χ1v) is 13.9. The maximum absolute atomic E-state index is 14.3. The Hall–Kier alpha value is -2.98. The number of fused-ring (bicyclic) bond motifs is 1. The lowest BCUT2D eigenvalue weighted by molar-refractivity contribution is -0.161. The quantitative estimate of drug-likeness (QED) is 0.300. The van der Waals surface area contributed by atoms with E-state index in [1.165, 1.54) is 14.0 Å². The monoisotopic (exact) mass is 589 g/mol. The molecule has 0 radical (unpaired) electrons. The topological polar surface area (TPSA) is 100 Å². The van der Waals surface area contributed by atoms with Crippen molar-refractivity contribution in [3.05, 3.63) is 52.5 Å². The Morgan fingerprint density at radius 1 is 1.07 bits per heavy atom. The number of quaternary nitrogens is 1. The van der Waals surface area contributed by atoms with Crippen LogP contribution in [0.5, 0.6) is 11.5 Å². The third-order valence-corrected chi connectivity index (χ3v) is 6.70.